The molecule has 0 fully saturated rings. The Kier molecular flexibility index (Phi) is 6.81. The molecular weight excluding hydrogens is 429 g/mol. The lowest BCUT2D eigenvalue weighted by molar-refractivity contribution is -0.137. The van der Waals surface area contributed by atoms with Gasteiger partial charge >= 0.3 is 12.0 Å². The number of carboxylic acids is 1. The molecule has 0 radical (unpaired) electrons. The minimum absolute atomic E-state index is 0.317. The number of aromatic hydroxyl groups is 1. The number of aliphatic carboxylic acids is 1. The number of anilines is 1. The summed E-state index contributed by atoms with van der Waals surface area (Å²) < 4.78 is 16.0. The Bertz CT molecular complexity index is 1290. The number of benzene rings is 2. The highest BCUT2D eigenvalue weighted by atomic mass is 19.1. The highest BCUT2D eigenvalue weighted by Gasteiger charge is 2.24. The SMILES string of the molecule is Cc1ccccc1-c1c(F)ccc(C(CC(=O)O)NC(=O)Nc2c(O)ccn(C)c2=O)c1C. The smallest absolute Gasteiger partial charge is 0.319 e. The zero-order valence-electron chi connectivity index (χ0n) is 18.3. The zero-order chi connectivity index (χ0) is 24.3. The molecule has 3 rings (SSSR count). The van der Waals surface area contributed by atoms with E-state index in [0.29, 0.717) is 22.3 Å². The zero-order valence-corrected chi connectivity index (χ0v) is 18.3. The summed E-state index contributed by atoms with van der Waals surface area (Å²) in [6, 6.07) is 9.21. The molecule has 1 heterocycles. The van der Waals surface area contributed by atoms with Crippen LogP contribution >= 0.6 is 0 Å². The summed E-state index contributed by atoms with van der Waals surface area (Å²) in [6.45, 7) is 3.50. The number of aromatic nitrogens is 1. The summed E-state index contributed by atoms with van der Waals surface area (Å²) in [4.78, 5) is 36.4. The second-order valence-electron chi connectivity index (χ2n) is 7.69. The Morgan fingerprint density at radius 3 is 2.48 bits per heavy atom. The number of urea groups is 1. The van der Waals surface area contributed by atoms with Crippen molar-refractivity contribution in [2.75, 3.05) is 5.32 Å². The Labute approximate surface area is 189 Å². The number of pyridine rings is 1. The number of halogens is 1. The molecule has 33 heavy (non-hydrogen) atoms. The molecule has 172 valence electrons. The first-order valence-corrected chi connectivity index (χ1v) is 10.1. The fourth-order valence-electron chi connectivity index (χ4n) is 3.71. The van der Waals surface area contributed by atoms with Crippen molar-refractivity contribution in [3.63, 3.8) is 0 Å². The fourth-order valence-corrected chi connectivity index (χ4v) is 3.71. The molecule has 2 amide bonds. The van der Waals surface area contributed by atoms with Crippen LogP contribution in [-0.4, -0.2) is 26.8 Å². The highest BCUT2D eigenvalue weighted by molar-refractivity contribution is 5.91. The lowest BCUT2D eigenvalue weighted by atomic mass is 9.89. The van der Waals surface area contributed by atoms with E-state index >= 15 is 0 Å². The first-order chi connectivity index (χ1) is 15.6. The monoisotopic (exact) mass is 453 g/mol. The third-order valence-electron chi connectivity index (χ3n) is 5.41. The summed E-state index contributed by atoms with van der Waals surface area (Å²) in [7, 11) is 1.45. The first-order valence-electron chi connectivity index (χ1n) is 10.1. The van der Waals surface area contributed by atoms with Crippen LogP contribution in [0, 0.1) is 19.7 Å². The van der Waals surface area contributed by atoms with E-state index < -0.39 is 41.6 Å². The molecule has 2 aromatic carbocycles. The van der Waals surface area contributed by atoms with Crippen molar-refractivity contribution in [2.24, 2.45) is 7.05 Å². The van der Waals surface area contributed by atoms with Gasteiger partial charge in [0.2, 0.25) is 0 Å². The normalized spacial score (nSPS) is 11.6. The molecule has 0 spiro atoms. The van der Waals surface area contributed by atoms with E-state index in [9.17, 15) is 29.0 Å². The van der Waals surface area contributed by atoms with Gasteiger partial charge in [0.1, 0.15) is 11.6 Å². The van der Waals surface area contributed by atoms with Gasteiger partial charge in [0.25, 0.3) is 5.56 Å². The van der Waals surface area contributed by atoms with Crippen LogP contribution in [0.25, 0.3) is 11.1 Å². The predicted molar refractivity (Wildman–Crippen MR) is 122 cm³/mol. The topological polar surface area (TPSA) is 121 Å². The van der Waals surface area contributed by atoms with Gasteiger partial charge in [-0.1, -0.05) is 30.3 Å². The van der Waals surface area contributed by atoms with Gasteiger partial charge in [0, 0.05) is 18.8 Å². The van der Waals surface area contributed by atoms with Gasteiger partial charge in [-0.25, -0.2) is 9.18 Å². The second-order valence-corrected chi connectivity index (χ2v) is 7.69. The summed E-state index contributed by atoms with van der Waals surface area (Å²) >= 11 is 0. The van der Waals surface area contributed by atoms with Crippen molar-refractivity contribution in [1.29, 1.82) is 0 Å². The van der Waals surface area contributed by atoms with Crippen molar-refractivity contribution >= 4 is 17.7 Å². The van der Waals surface area contributed by atoms with Crippen LogP contribution in [0.2, 0.25) is 0 Å². The van der Waals surface area contributed by atoms with E-state index in [1.807, 2.05) is 19.1 Å². The van der Waals surface area contributed by atoms with Crippen LogP contribution in [0.3, 0.4) is 0 Å². The number of amides is 2. The molecule has 4 N–H and O–H groups in total. The number of carbonyl (C=O) groups excluding carboxylic acids is 1. The summed E-state index contributed by atoms with van der Waals surface area (Å²) in [5, 5.41) is 24.1. The lowest BCUT2D eigenvalue weighted by Crippen LogP contribution is -2.36. The molecule has 1 aromatic heterocycles. The summed E-state index contributed by atoms with van der Waals surface area (Å²) in [5.74, 6) is -2.08. The molecule has 1 unspecified atom stereocenters. The number of nitrogens with one attached hydrogen (secondary N) is 2. The van der Waals surface area contributed by atoms with Crippen molar-refractivity contribution < 1.29 is 24.2 Å². The van der Waals surface area contributed by atoms with Crippen molar-refractivity contribution in [2.45, 2.75) is 26.3 Å². The van der Waals surface area contributed by atoms with E-state index in [2.05, 4.69) is 10.6 Å². The van der Waals surface area contributed by atoms with Crippen molar-refractivity contribution in [3.05, 3.63) is 81.5 Å². The first kappa shape index (κ1) is 23.5. The number of nitrogens with zero attached hydrogens (tertiary/aromatic N) is 1. The molecule has 1 atom stereocenters. The number of rotatable bonds is 6. The molecule has 8 nitrogen and oxygen atoms in total. The van der Waals surface area contributed by atoms with Crippen molar-refractivity contribution in [1.82, 2.24) is 9.88 Å². The molecule has 0 bridgehead atoms. The molecule has 0 aliphatic carbocycles. The molecule has 0 aliphatic rings. The van der Waals surface area contributed by atoms with Crippen LogP contribution in [0.5, 0.6) is 5.75 Å². The highest BCUT2D eigenvalue weighted by Crippen LogP contribution is 2.34. The standard InChI is InChI=1S/C24H24FN3O5/c1-13-6-4-5-7-15(13)21-14(2)16(8-9-17(21)25)18(12-20(30)31)26-24(33)27-22-19(29)10-11-28(3)23(22)32/h4-11,18,29H,12H2,1-3H3,(H,30,31)(H2,26,27,33). The number of carbonyl (C=O) groups is 2. The number of carboxylic acid groups (broad SMARTS) is 1. The van der Waals surface area contributed by atoms with Crippen LogP contribution < -0.4 is 16.2 Å². The number of hydrogen-bond acceptors (Lipinski definition) is 4. The van der Waals surface area contributed by atoms with E-state index in [1.165, 1.54) is 36.0 Å². The van der Waals surface area contributed by atoms with Crippen LogP contribution in [0.15, 0.2) is 53.5 Å². The maximum atomic E-state index is 14.8. The van der Waals surface area contributed by atoms with Gasteiger partial charge < -0.3 is 25.4 Å². The largest absolute Gasteiger partial charge is 0.505 e. The Balaban J connectivity index is 1.99. The fraction of sp³-hybridized carbons (Fsp3) is 0.208. The van der Waals surface area contributed by atoms with Gasteiger partial charge in [-0.05, 0) is 48.2 Å². The van der Waals surface area contributed by atoms with E-state index in [4.69, 9.17) is 0 Å². The summed E-state index contributed by atoms with van der Waals surface area (Å²) in [5.41, 5.74) is 1.73. The van der Waals surface area contributed by atoms with E-state index in [-0.39, 0.29) is 5.69 Å². The van der Waals surface area contributed by atoms with Crippen LogP contribution in [0.1, 0.15) is 29.2 Å². The Morgan fingerprint density at radius 1 is 1.12 bits per heavy atom. The van der Waals surface area contributed by atoms with Gasteiger partial charge in [-0.15, -0.1) is 0 Å². The van der Waals surface area contributed by atoms with Gasteiger partial charge in [0.15, 0.2) is 5.69 Å². The van der Waals surface area contributed by atoms with Crippen LogP contribution in [0.4, 0.5) is 14.9 Å². The third-order valence-corrected chi connectivity index (χ3v) is 5.41. The number of aryl methyl sites for hydroxylation is 2. The number of hydrogen-bond donors (Lipinski definition) is 4. The van der Waals surface area contributed by atoms with E-state index in [1.54, 1.807) is 19.1 Å². The van der Waals surface area contributed by atoms with Crippen molar-refractivity contribution in [3.8, 4) is 16.9 Å². The van der Waals surface area contributed by atoms with E-state index in [0.717, 1.165) is 5.56 Å². The molecule has 0 saturated carbocycles. The van der Waals surface area contributed by atoms with Crippen LogP contribution in [-0.2, 0) is 11.8 Å². The maximum absolute atomic E-state index is 14.8. The third kappa shape index (κ3) is 5.03. The molecule has 0 saturated heterocycles. The minimum atomic E-state index is -1.18. The molecule has 3 aromatic rings. The lowest BCUT2D eigenvalue weighted by Gasteiger charge is -2.22. The quantitative estimate of drug-likeness (QED) is 0.452. The molecule has 9 heteroatoms. The molecular formula is C24H24FN3O5. The Hall–Kier alpha value is -4.14. The second kappa shape index (κ2) is 9.56. The Morgan fingerprint density at radius 2 is 1.82 bits per heavy atom. The maximum Gasteiger partial charge on any atom is 0.319 e. The van der Waals surface area contributed by atoms with Gasteiger partial charge in [-0.2, -0.15) is 0 Å². The molecule has 0 aliphatic heterocycles. The predicted octanol–water partition coefficient (Wildman–Crippen LogP) is 3.85. The summed E-state index contributed by atoms with van der Waals surface area (Å²) in [6.07, 6.45) is 0.856. The van der Waals surface area contributed by atoms with Gasteiger partial charge in [0.05, 0.1) is 12.5 Å². The average Bonchev–Trinajstić information content (AvgIpc) is 2.74. The van der Waals surface area contributed by atoms with Gasteiger partial charge in [-0.3, -0.25) is 9.59 Å². The minimum Gasteiger partial charge on any atom is -0.505 e. The average molecular weight is 453 g/mol.